The Morgan fingerprint density at radius 1 is 1.31 bits per heavy atom. The maximum absolute atomic E-state index is 12.4. The largest absolute Gasteiger partial charge is 0.481 e. The van der Waals surface area contributed by atoms with E-state index in [1.807, 2.05) is 0 Å². The van der Waals surface area contributed by atoms with Crippen LogP contribution in [0.1, 0.15) is 23.6 Å². The molecule has 0 spiro atoms. The van der Waals surface area contributed by atoms with Gasteiger partial charge in [0.1, 0.15) is 0 Å². The zero-order valence-corrected chi connectivity index (χ0v) is 8.64. The summed E-state index contributed by atoms with van der Waals surface area (Å²) in [5.41, 5.74) is 0.124. The van der Waals surface area contributed by atoms with Crippen molar-refractivity contribution in [2.24, 2.45) is 0 Å². The van der Waals surface area contributed by atoms with Crippen molar-refractivity contribution >= 4 is 5.97 Å². The number of carboxylic acid groups (broad SMARTS) is 1. The predicted molar refractivity (Wildman–Crippen MR) is 52.2 cm³/mol. The molecular weight excluding hydrogens is 221 g/mol. The third-order valence-corrected chi connectivity index (χ3v) is 2.26. The van der Waals surface area contributed by atoms with Crippen LogP contribution in [0.15, 0.2) is 18.2 Å². The molecule has 0 fully saturated rings. The van der Waals surface area contributed by atoms with E-state index in [0.717, 1.165) is 12.1 Å². The van der Waals surface area contributed by atoms with Gasteiger partial charge in [-0.25, -0.2) is 0 Å². The molecule has 0 aliphatic carbocycles. The van der Waals surface area contributed by atoms with Crippen molar-refractivity contribution in [2.75, 3.05) is 0 Å². The highest BCUT2D eigenvalue weighted by Gasteiger charge is 2.30. The standard InChI is InChI=1S/C11H11F3O2/c1-2-7-5-9(11(12,13)14)4-3-8(7)6-10(15)16/h3-5H,2,6H2,1H3,(H,15,16). The summed E-state index contributed by atoms with van der Waals surface area (Å²) in [6.45, 7) is 1.70. The third kappa shape index (κ3) is 2.98. The molecule has 1 aromatic carbocycles. The Morgan fingerprint density at radius 2 is 1.94 bits per heavy atom. The number of halogens is 3. The fourth-order valence-corrected chi connectivity index (χ4v) is 1.47. The first kappa shape index (κ1) is 12.5. The molecule has 1 N–H and O–H groups in total. The van der Waals surface area contributed by atoms with Gasteiger partial charge < -0.3 is 5.11 Å². The Hall–Kier alpha value is -1.52. The number of benzene rings is 1. The van der Waals surface area contributed by atoms with Crippen molar-refractivity contribution in [3.05, 3.63) is 34.9 Å². The summed E-state index contributed by atoms with van der Waals surface area (Å²) in [7, 11) is 0. The molecule has 5 heteroatoms. The lowest BCUT2D eigenvalue weighted by molar-refractivity contribution is -0.137. The van der Waals surface area contributed by atoms with Crippen molar-refractivity contribution in [3.63, 3.8) is 0 Å². The third-order valence-electron chi connectivity index (χ3n) is 2.26. The highest BCUT2D eigenvalue weighted by molar-refractivity contribution is 5.70. The lowest BCUT2D eigenvalue weighted by Gasteiger charge is -2.11. The van der Waals surface area contributed by atoms with Gasteiger partial charge in [0.25, 0.3) is 0 Å². The molecule has 0 unspecified atom stereocenters. The molecule has 0 bridgehead atoms. The molecule has 0 atom stereocenters. The van der Waals surface area contributed by atoms with Gasteiger partial charge in [-0.2, -0.15) is 13.2 Å². The molecule has 2 nitrogen and oxygen atoms in total. The van der Waals surface area contributed by atoms with E-state index in [2.05, 4.69) is 0 Å². The Bertz CT molecular complexity index is 397. The summed E-state index contributed by atoms with van der Waals surface area (Å²) in [5, 5.41) is 8.59. The van der Waals surface area contributed by atoms with E-state index in [4.69, 9.17) is 5.11 Å². The summed E-state index contributed by atoms with van der Waals surface area (Å²) >= 11 is 0. The lowest BCUT2D eigenvalue weighted by Crippen LogP contribution is -2.08. The number of carbonyl (C=O) groups is 1. The van der Waals surface area contributed by atoms with Crippen LogP contribution < -0.4 is 0 Å². The smallest absolute Gasteiger partial charge is 0.416 e. The number of alkyl halides is 3. The average molecular weight is 232 g/mol. The van der Waals surface area contributed by atoms with Crippen LogP contribution in [0.2, 0.25) is 0 Å². The second-order valence-electron chi connectivity index (χ2n) is 3.41. The second kappa shape index (κ2) is 4.55. The van der Waals surface area contributed by atoms with E-state index in [-0.39, 0.29) is 6.42 Å². The molecule has 1 aromatic rings. The molecule has 0 saturated heterocycles. The number of hydrogen-bond donors (Lipinski definition) is 1. The van der Waals surface area contributed by atoms with Gasteiger partial charge in [0, 0.05) is 0 Å². The van der Waals surface area contributed by atoms with E-state index in [9.17, 15) is 18.0 Å². The zero-order chi connectivity index (χ0) is 12.3. The van der Waals surface area contributed by atoms with Crippen LogP contribution in [0.25, 0.3) is 0 Å². The van der Waals surface area contributed by atoms with Crippen molar-refractivity contribution < 1.29 is 23.1 Å². The zero-order valence-electron chi connectivity index (χ0n) is 8.64. The van der Waals surface area contributed by atoms with Crippen LogP contribution in [-0.2, 0) is 23.8 Å². The number of hydrogen-bond acceptors (Lipinski definition) is 1. The normalized spacial score (nSPS) is 11.5. The number of rotatable bonds is 3. The summed E-state index contributed by atoms with van der Waals surface area (Å²) in [5.74, 6) is -1.05. The first-order valence-corrected chi connectivity index (χ1v) is 4.75. The monoisotopic (exact) mass is 232 g/mol. The predicted octanol–water partition coefficient (Wildman–Crippen LogP) is 2.89. The molecule has 0 aromatic heterocycles. The quantitative estimate of drug-likeness (QED) is 0.869. The van der Waals surface area contributed by atoms with Gasteiger partial charge >= 0.3 is 12.1 Å². The molecule has 88 valence electrons. The van der Waals surface area contributed by atoms with E-state index < -0.39 is 17.7 Å². The number of carboxylic acids is 1. The Labute approximate surface area is 90.7 Å². The summed E-state index contributed by atoms with van der Waals surface area (Å²) in [6, 6.07) is 3.16. The van der Waals surface area contributed by atoms with E-state index >= 15 is 0 Å². The fourth-order valence-electron chi connectivity index (χ4n) is 1.47. The molecule has 0 heterocycles. The highest BCUT2D eigenvalue weighted by atomic mass is 19.4. The van der Waals surface area contributed by atoms with Gasteiger partial charge in [0.15, 0.2) is 0 Å². The minimum atomic E-state index is -4.38. The van der Waals surface area contributed by atoms with Gasteiger partial charge in [-0.15, -0.1) is 0 Å². The Morgan fingerprint density at radius 3 is 2.38 bits per heavy atom. The molecular formula is C11H11F3O2. The van der Waals surface area contributed by atoms with Gasteiger partial charge in [0.05, 0.1) is 12.0 Å². The van der Waals surface area contributed by atoms with E-state index in [0.29, 0.717) is 17.5 Å². The second-order valence-corrected chi connectivity index (χ2v) is 3.41. The average Bonchev–Trinajstić information content (AvgIpc) is 2.15. The minimum absolute atomic E-state index is 0.249. The Kier molecular flexibility index (Phi) is 3.57. The molecule has 1 rings (SSSR count). The van der Waals surface area contributed by atoms with Crippen LogP contribution in [0.5, 0.6) is 0 Å². The van der Waals surface area contributed by atoms with Gasteiger partial charge in [-0.05, 0) is 29.7 Å². The van der Waals surface area contributed by atoms with Crippen molar-refractivity contribution in [1.82, 2.24) is 0 Å². The Balaban J connectivity index is 3.11. The topological polar surface area (TPSA) is 37.3 Å². The summed E-state index contributed by atoms with van der Waals surface area (Å²) < 4.78 is 37.1. The summed E-state index contributed by atoms with van der Waals surface area (Å²) in [4.78, 5) is 10.5. The van der Waals surface area contributed by atoms with Crippen LogP contribution in [0.4, 0.5) is 13.2 Å². The van der Waals surface area contributed by atoms with Crippen LogP contribution in [-0.4, -0.2) is 11.1 Å². The van der Waals surface area contributed by atoms with Crippen molar-refractivity contribution in [1.29, 1.82) is 0 Å². The minimum Gasteiger partial charge on any atom is -0.481 e. The van der Waals surface area contributed by atoms with Crippen molar-refractivity contribution in [2.45, 2.75) is 25.9 Å². The fraction of sp³-hybridized carbons (Fsp3) is 0.364. The molecule has 0 amide bonds. The van der Waals surface area contributed by atoms with E-state index in [1.54, 1.807) is 6.92 Å². The number of aryl methyl sites for hydroxylation is 1. The number of aliphatic carboxylic acids is 1. The first-order chi connectivity index (χ1) is 7.34. The maximum Gasteiger partial charge on any atom is 0.416 e. The summed E-state index contributed by atoms with van der Waals surface area (Å²) in [6.07, 6.45) is -4.25. The molecule has 0 aliphatic rings. The maximum atomic E-state index is 12.4. The molecule has 0 saturated carbocycles. The van der Waals surface area contributed by atoms with E-state index in [1.165, 1.54) is 6.07 Å². The van der Waals surface area contributed by atoms with Gasteiger partial charge in [0.2, 0.25) is 0 Å². The lowest BCUT2D eigenvalue weighted by atomic mass is 9.99. The van der Waals surface area contributed by atoms with Crippen LogP contribution in [0.3, 0.4) is 0 Å². The SMILES string of the molecule is CCc1cc(C(F)(F)F)ccc1CC(=O)O. The van der Waals surface area contributed by atoms with Crippen molar-refractivity contribution in [3.8, 4) is 0 Å². The molecule has 0 aliphatic heterocycles. The van der Waals surface area contributed by atoms with Gasteiger partial charge in [-0.1, -0.05) is 13.0 Å². The first-order valence-electron chi connectivity index (χ1n) is 4.75. The van der Waals surface area contributed by atoms with Gasteiger partial charge in [-0.3, -0.25) is 4.79 Å². The molecule has 16 heavy (non-hydrogen) atoms. The van der Waals surface area contributed by atoms with Crippen LogP contribution in [0, 0.1) is 0 Å². The molecule has 0 radical (unpaired) electrons. The highest BCUT2D eigenvalue weighted by Crippen LogP contribution is 2.30. The van der Waals surface area contributed by atoms with Crippen LogP contribution >= 0.6 is 0 Å².